The van der Waals surface area contributed by atoms with Crippen molar-refractivity contribution in [3.05, 3.63) is 35.4 Å². The molecule has 0 bridgehead atoms. The molecule has 1 fully saturated rings. The maximum atomic E-state index is 12.8. The van der Waals surface area contributed by atoms with Gasteiger partial charge in [-0.25, -0.2) is 0 Å². The van der Waals surface area contributed by atoms with Gasteiger partial charge >= 0.3 is 6.18 Å². The van der Waals surface area contributed by atoms with Crippen LogP contribution in [0.15, 0.2) is 24.3 Å². The maximum absolute atomic E-state index is 12.8. The van der Waals surface area contributed by atoms with Crippen molar-refractivity contribution in [2.24, 2.45) is 0 Å². The minimum atomic E-state index is -4.45. The van der Waals surface area contributed by atoms with Crippen molar-refractivity contribution in [2.45, 2.75) is 64.2 Å². The number of amides is 2. The number of halogens is 3. The average molecular weight is 370 g/mol. The SMILES string of the molecule is CC(C)(C)NC(=O)C1CCCCN1C(=O)Cc1cccc(C(F)(F)F)c1. The molecule has 1 N–H and O–H groups in total. The van der Waals surface area contributed by atoms with Gasteiger partial charge in [-0.05, 0) is 51.7 Å². The molecule has 1 aliphatic heterocycles. The first kappa shape index (κ1) is 20.3. The third-order valence-corrected chi connectivity index (χ3v) is 4.23. The Balaban J connectivity index is 2.12. The number of benzene rings is 1. The molecular formula is C19H25F3N2O2. The van der Waals surface area contributed by atoms with Crippen LogP contribution in [0.2, 0.25) is 0 Å². The first-order chi connectivity index (χ1) is 12.0. The predicted molar refractivity (Wildman–Crippen MR) is 92.4 cm³/mol. The number of hydrogen-bond donors (Lipinski definition) is 1. The van der Waals surface area contributed by atoms with Gasteiger partial charge in [-0.1, -0.05) is 18.2 Å². The molecule has 2 rings (SSSR count). The topological polar surface area (TPSA) is 49.4 Å². The lowest BCUT2D eigenvalue weighted by molar-refractivity contribution is -0.142. The second-order valence-electron chi connectivity index (χ2n) is 7.71. The third kappa shape index (κ3) is 5.47. The molecular weight excluding hydrogens is 345 g/mol. The minimum absolute atomic E-state index is 0.150. The van der Waals surface area contributed by atoms with Crippen LogP contribution in [0.3, 0.4) is 0 Å². The number of nitrogens with zero attached hydrogens (tertiary/aromatic N) is 1. The fourth-order valence-corrected chi connectivity index (χ4v) is 3.09. The van der Waals surface area contributed by atoms with E-state index in [4.69, 9.17) is 0 Å². The van der Waals surface area contributed by atoms with E-state index in [-0.39, 0.29) is 18.2 Å². The van der Waals surface area contributed by atoms with Crippen molar-refractivity contribution < 1.29 is 22.8 Å². The second-order valence-corrected chi connectivity index (χ2v) is 7.71. The van der Waals surface area contributed by atoms with Crippen molar-refractivity contribution in [1.82, 2.24) is 10.2 Å². The molecule has 1 aliphatic rings. The molecule has 1 unspecified atom stereocenters. The summed E-state index contributed by atoms with van der Waals surface area (Å²) in [5.74, 6) is -0.535. The van der Waals surface area contributed by atoms with Gasteiger partial charge in [0.2, 0.25) is 11.8 Å². The number of carbonyl (C=O) groups excluding carboxylic acids is 2. The highest BCUT2D eigenvalue weighted by Gasteiger charge is 2.34. The summed E-state index contributed by atoms with van der Waals surface area (Å²) < 4.78 is 38.5. The van der Waals surface area contributed by atoms with Gasteiger partial charge in [0.25, 0.3) is 0 Å². The van der Waals surface area contributed by atoms with Gasteiger partial charge in [0, 0.05) is 12.1 Å². The van der Waals surface area contributed by atoms with Gasteiger partial charge in [-0.15, -0.1) is 0 Å². The van der Waals surface area contributed by atoms with E-state index in [1.807, 2.05) is 20.8 Å². The highest BCUT2D eigenvalue weighted by molar-refractivity contribution is 5.89. The lowest BCUT2D eigenvalue weighted by Gasteiger charge is -2.36. The Labute approximate surface area is 151 Å². The molecule has 1 saturated heterocycles. The van der Waals surface area contributed by atoms with E-state index >= 15 is 0 Å². The van der Waals surface area contributed by atoms with Crippen molar-refractivity contribution in [3.63, 3.8) is 0 Å². The Morgan fingerprint density at radius 2 is 1.88 bits per heavy atom. The number of hydrogen-bond acceptors (Lipinski definition) is 2. The summed E-state index contributed by atoms with van der Waals surface area (Å²) in [4.78, 5) is 26.7. The highest BCUT2D eigenvalue weighted by atomic mass is 19.4. The Bertz CT molecular complexity index is 665. The van der Waals surface area contributed by atoms with E-state index in [1.165, 1.54) is 17.0 Å². The van der Waals surface area contributed by atoms with E-state index < -0.39 is 23.3 Å². The molecule has 144 valence electrons. The zero-order chi connectivity index (χ0) is 19.5. The molecule has 0 spiro atoms. The maximum Gasteiger partial charge on any atom is 0.416 e. The van der Waals surface area contributed by atoms with E-state index in [0.717, 1.165) is 25.0 Å². The summed E-state index contributed by atoms with van der Waals surface area (Å²) in [7, 11) is 0. The van der Waals surface area contributed by atoms with Crippen LogP contribution in [-0.2, 0) is 22.2 Å². The molecule has 0 aromatic heterocycles. The zero-order valence-corrected chi connectivity index (χ0v) is 15.3. The Hall–Kier alpha value is -2.05. The second kappa shape index (κ2) is 7.68. The van der Waals surface area contributed by atoms with Crippen molar-refractivity contribution in [2.75, 3.05) is 6.54 Å². The van der Waals surface area contributed by atoms with Gasteiger partial charge in [-0.2, -0.15) is 13.2 Å². The highest BCUT2D eigenvalue weighted by Crippen LogP contribution is 2.30. The molecule has 1 aromatic rings. The predicted octanol–water partition coefficient (Wildman–Crippen LogP) is 3.54. The monoisotopic (exact) mass is 370 g/mol. The quantitative estimate of drug-likeness (QED) is 0.885. The van der Waals surface area contributed by atoms with Crippen LogP contribution in [0.5, 0.6) is 0 Å². The summed E-state index contributed by atoms with van der Waals surface area (Å²) in [6.07, 6.45) is -2.40. The molecule has 26 heavy (non-hydrogen) atoms. The molecule has 2 amide bonds. The Morgan fingerprint density at radius 3 is 2.50 bits per heavy atom. The van der Waals surface area contributed by atoms with E-state index in [1.54, 1.807) is 0 Å². The summed E-state index contributed by atoms with van der Waals surface area (Å²) in [6, 6.07) is 4.20. The number of alkyl halides is 3. The fraction of sp³-hybridized carbons (Fsp3) is 0.579. The van der Waals surface area contributed by atoms with Crippen molar-refractivity contribution in [3.8, 4) is 0 Å². The number of likely N-dealkylation sites (tertiary alicyclic amines) is 1. The average Bonchev–Trinajstić information content (AvgIpc) is 2.52. The zero-order valence-electron chi connectivity index (χ0n) is 15.3. The summed E-state index contributed by atoms with van der Waals surface area (Å²) >= 11 is 0. The van der Waals surface area contributed by atoms with Crippen LogP contribution in [0.4, 0.5) is 13.2 Å². The molecule has 1 heterocycles. The normalized spacial score (nSPS) is 18.5. The van der Waals surface area contributed by atoms with Crippen LogP contribution < -0.4 is 5.32 Å². The van der Waals surface area contributed by atoms with Crippen LogP contribution in [0, 0.1) is 0 Å². The van der Waals surface area contributed by atoms with Gasteiger partial charge < -0.3 is 10.2 Å². The summed E-state index contributed by atoms with van der Waals surface area (Å²) in [5, 5.41) is 2.88. The molecule has 7 heteroatoms. The van der Waals surface area contributed by atoms with Gasteiger partial charge in [0.05, 0.1) is 12.0 Å². The lowest BCUT2D eigenvalue weighted by atomic mass is 9.98. The Morgan fingerprint density at radius 1 is 1.19 bits per heavy atom. The van der Waals surface area contributed by atoms with Crippen LogP contribution in [-0.4, -0.2) is 34.8 Å². The van der Waals surface area contributed by atoms with Crippen LogP contribution in [0.1, 0.15) is 51.2 Å². The van der Waals surface area contributed by atoms with Crippen molar-refractivity contribution >= 4 is 11.8 Å². The van der Waals surface area contributed by atoms with Crippen molar-refractivity contribution in [1.29, 1.82) is 0 Å². The van der Waals surface area contributed by atoms with Crippen LogP contribution in [0.25, 0.3) is 0 Å². The summed E-state index contributed by atoms with van der Waals surface area (Å²) in [6.45, 7) is 6.04. The molecule has 1 aromatic carbocycles. The minimum Gasteiger partial charge on any atom is -0.350 e. The summed E-state index contributed by atoms with van der Waals surface area (Å²) in [5.41, 5.74) is -0.890. The van der Waals surface area contributed by atoms with Crippen LogP contribution >= 0.6 is 0 Å². The third-order valence-electron chi connectivity index (χ3n) is 4.23. The molecule has 0 radical (unpaired) electrons. The van der Waals surface area contributed by atoms with Gasteiger partial charge in [0.1, 0.15) is 6.04 Å². The molecule has 0 saturated carbocycles. The first-order valence-corrected chi connectivity index (χ1v) is 8.75. The van der Waals surface area contributed by atoms with E-state index in [2.05, 4.69) is 5.32 Å². The number of rotatable bonds is 3. The number of piperidine rings is 1. The number of nitrogens with one attached hydrogen (secondary N) is 1. The van der Waals surface area contributed by atoms with E-state index in [0.29, 0.717) is 18.5 Å². The lowest BCUT2D eigenvalue weighted by Crippen LogP contribution is -2.55. The Kier molecular flexibility index (Phi) is 5.98. The first-order valence-electron chi connectivity index (χ1n) is 8.75. The molecule has 1 atom stereocenters. The van der Waals surface area contributed by atoms with Gasteiger partial charge in [0.15, 0.2) is 0 Å². The largest absolute Gasteiger partial charge is 0.416 e. The molecule has 0 aliphatic carbocycles. The molecule has 4 nitrogen and oxygen atoms in total. The number of carbonyl (C=O) groups is 2. The standard InChI is InChI=1S/C19H25F3N2O2/c1-18(2,3)23-17(26)15-9-4-5-10-24(15)16(25)12-13-7-6-8-14(11-13)19(20,21)22/h6-8,11,15H,4-5,9-10,12H2,1-3H3,(H,23,26). The fourth-order valence-electron chi connectivity index (χ4n) is 3.09. The van der Waals surface area contributed by atoms with E-state index in [9.17, 15) is 22.8 Å². The van der Waals surface area contributed by atoms with Gasteiger partial charge in [-0.3, -0.25) is 9.59 Å². The smallest absolute Gasteiger partial charge is 0.350 e.